The summed E-state index contributed by atoms with van der Waals surface area (Å²) in [5, 5.41) is 4.26. The molecule has 0 saturated heterocycles. The predicted molar refractivity (Wildman–Crippen MR) is 60.1 cm³/mol. The van der Waals surface area contributed by atoms with Gasteiger partial charge < -0.3 is 0 Å². The molecule has 0 fully saturated rings. The van der Waals surface area contributed by atoms with E-state index in [4.69, 9.17) is 5.14 Å². The van der Waals surface area contributed by atoms with Crippen LogP contribution in [0, 0.1) is 0 Å². The van der Waals surface area contributed by atoms with Gasteiger partial charge in [-0.1, -0.05) is 12.1 Å². The second-order valence-corrected chi connectivity index (χ2v) is 7.59. The normalized spacial score (nSPS) is 13.0. The number of sulfonamides is 1. The Hall–Kier alpha value is -0.920. The molecule has 0 aliphatic heterocycles. The summed E-state index contributed by atoms with van der Waals surface area (Å²) in [6.45, 7) is 2.96. The van der Waals surface area contributed by atoms with E-state index in [0.717, 1.165) is 0 Å². The molecule has 0 unspecified atom stereocenters. The zero-order valence-corrected chi connectivity index (χ0v) is 10.5. The SMILES string of the molecule is CC(C)S(=O)(=O)c1ccccc1S(N)(=O)=O. The van der Waals surface area contributed by atoms with Gasteiger partial charge >= 0.3 is 0 Å². The third kappa shape index (κ3) is 2.42. The van der Waals surface area contributed by atoms with E-state index in [0.29, 0.717) is 0 Å². The van der Waals surface area contributed by atoms with Crippen molar-refractivity contribution in [2.45, 2.75) is 28.9 Å². The van der Waals surface area contributed by atoms with Crippen molar-refractivity contribution in [1.82, 2.24) is 0 Å². The van der Waals surface area contributed by atoms with Crippen LogP contribution < -0.4 is 5.14 Å². The Morgan fingerprint density at radius 2 is 1.44 bits per heavy atom. The molecule has 0 aliphatic rings. The van der Waals surface area contributed by atoms with Gasteiger partial charge in [0.05, 0.1) is 10.1 Å². The van der Waals surface area contributed by atoms with Crippen LogP contribution in [0.1, 0.15) is 13.8 Å². The number of hydrogen-bond donors (Lipinski definition) is 1. The maximum atomic E-state index is 11.9. The third-order valence-electron chi connectivity index (χ3n) is 2.08. The maximum absolute atomic E-state index is 11.9. The molecule has 1 aromatic carbocycles. The lowest BCUT2D eigenvalue weighted by Crippen LogP contribution is -2.20. The third-order valence-corrected chi connectivity index (χ3v) is 5.39. The number of primary sulfonamides is 1. The second kappa shape index (κ2) is 4.15. The van der Waals surface area contributed by atoms with E-state index in [9.17, 15) is 16.8 Å². The number of nitrogens with two attached hydrogens (primary N) is 1. The first-order valence-corrected chi connectivity index (χ1v) is 7.62. The van der Waals surface area contributed by atoms with Gasteiger partial charge in [0.15, 0.2) is 9.84 Å². The van der Waals surface area contributed by atoms with Crippen LogP contribution >= 0.6 is 0 Å². The number of rotatable bonds is 3. The predicted octanol–water partition coefficient (Wildman–Crippen LogP) is 0.516. The molecule has 90 valence electrons. The van der Waals surface area contributed by atoms with Gasteiger partial charge in [-0.15, -0.1) is 0 Å². The monoisotopic (exact) mass is 263 g/mol. The van der Waals surface area contributed by atoms with Gasteiger partial charge in [0.2, 0.25) is 10.0 Å². The van der Waals surface area contributed by atoms with Gasteiger partial charge in [-0.2, -0.15) is 0 Å². The zero-order chi connectivity index (χ0) is 12.6. The van der Waals surface area contributed by atoms with Crippen molar-refractivity contribution >= 4 is 19.9 Å². The number of benzene rings is 1. The average molecular weight is 263 g/mol. The molecule has 0 aliphatic carbocycles. The van der Waals surface area contributed by atoms with Crippen LogP contribution in [-0.2, 0) is 19.9 Å². The van der Waals surface area contributed by atoms with Gasteiger partial charge in [-0.25, -0.2) is 22.0 Å². The highest BCUT2D eigenvalue weighted by molar-refractivity contribution is 7.94. The molecule has 0 atom stereocenters. The highest BCUT2D eigenvalue weighted by Crippen LogP contribution is 2.23. The van der Waals surface area contributed by atoms with Crippen molar-refractivity contribution in [1.29, 1.82) is 0 Å². The fraction of sp³-hybridized carbons (Fsp3) is 0.333. The molecule has 7 heteroatoms. The molecular weight excluding hydrogens is 250 g/mol. The minimum Gasteiger partial charge on any atom is -0.225 e. The number of sulfone groups is 1. The largest absolute Gasteiger partial charge is 0.239 e. The summed E-state index contributed by atoms with van der Waals surface area (Å²) in [6, 6.07) is 5.32. The van der Waals surface area contributed by atoms with E-state index in [1.54, 1.807) is 0 Å². The van der Waals surface area contributed by atoms with Crippen LogP contribution in [-0.4, -0.2) is 22.1 Å². The maximum Gasteiger partial charge on any atom is 0.239 e. The molecule has 0 amide bonds. The molecule has 1 aromatic rings. The van der Waals surface area contributed by atoms with Crippen molar-refractivity contribution in [3.8, 4) is 0 Å². The summed E-state index contributed by atoms with van der Waals surface area (Å²) in [5.41, 5.74) is 0. The van der Waals surface area contributed by atoms with E-state index < -0.39 is 25.1 Å². The van der Waals surface area contributed by atoms with Crippen LogP contribution in [0.3, 0.4) is 0 Å². The van der Waals surface area contributed by atoms with Crippen LogP contribution in [0.25, 0.3) is 0 Å². The van der Waals surface area contributed by atoms with Gasteiger partial charge in [0.1, 0.15) is 4.90 Å². The Morgan fingerprint density at radius 3 is 1.81 bits per heavy atom. The van der Waals surface area contributed by atoms with Crippen LogP contribution in [0.5, 0.6) is 0 Å². The Labute approximate surface area is 95.3 Å². The Morgan fingerprint density at radius 1 is 1.00 bits per heavy atom. The summed E-state index contributed by atoms with van der Waals surface area (Å²) in [5.74, 6) is 0. The topological polar surface area (TPSA) is 94.3 Å². The standard InChI is InChI=1S/C9H13NO4S2/c1-7(2)15(11,12)8-5-3-4-6-9(8)16(10,13)14/h3-7H,1-2H3,(H2,10,13,14). The highest BCUT2D eigenvalue weighted by Gasteiger charge is 2.26. The van der Waals surface area contributed by atoms with Gasteiger partial charge in [0, 0.05) is 0 Å². The lowest BCUT2D eigenvalue weighted by atomic mass is 10.4. The summed E-state index contributed by atoms with van der Waals surface area (Å²) in [6.07, 6.45) is 0. The van der Waals surface area contributed by atoms with E-state index in [-0.39, 0.29) is 9.79 Å². The summed E-state index contributed by atoms with van der Waals surface area (Å²) in [4.78, 5) is -0.601. The van der Waals surface area contributed by atoms with Crippen molar-refractivity contribution in [2.75, 3.05) is 0 Å². The van der Waals surface area contributed by atoms with E-state index in [1.165, 1.54) is 38.1 Å². The van der Waals surface area contributed by atoms with Crippen molar-refractivity contribution in [3.05, 3.63) is 24.3 Å². The van der Waals surface area contributed by atoms with Gasteiger partial charge in [0.25, 0.3) is 0 Å². The van der Waals surface area contributed by atoms with E-state index >= 15 is 0 Å². The molecule has 0 saturated carbocycles. The fourth-order valence-electron chi connectivity index (χ4n) is 1.17. The lowest BCUT2D eigenvalue weighted by Gasteiger charge is -2.11. The molecule has 16 heavy (non-hydrogen) atoms. The van der Waals surface area contributed by atoms with Crippen LogP contribution in [0.2, 0.25) is 0 Å². The molecule has 1 rings (SSSR count). The first-order chi connectivity index (χ1) is 7.17. The first kappa shape index (κ1) is 13.1. The molecule has 0 radical (unpaired) electrons. The van der Waals surface area contributed by atoms with Crippen molar-refractivity contribution in [3.63, 3.8) is 0 Å². The number of hydrogen-bond acceptors (Lipinski definition) is 4. The van der Waals surface area contributed by atoms with Crippen molar-refractivity contribution in [2.24, 2.45) is 5.14 Å². The average Bonchev–Trinajstić information content (AvgIpc) is 2.16. The molecule has 5 nitrogen and oxygen atoms in total. The molecular formula is C9H13NO4S2. The zero-order valence-electron chi connectivity index (χ0n) is 8.91. The quantitative estimate of drug-likeness (QED) is 0.860. The smallest absolute Gasteiger partial charge is 0.225 e. The minimum atomic E-state index is -4.03. The Balaban J connectivity index is 3.61. The molecule has 2 N–H and O–H groups in total. The van der Waals surface area contributed by atoms with Gasteiger partial charge in [-0.05, 0) is 26.0 Å². The van der Waals surface area contributed by atoms with Crippen molar-refractivity contribution < 1.29 is 16.8 Å². The highest BCUT2D eigenvalue weighted by atomic mass is 32.2. The van der Waals surface area contributed by atoms with Crippen LogP contribution in [0.4, 0.5) is 0 Å². The summed E-state index contributed by atoms with van der Waals surface area (Å²) >= 11 is 0. The summed E-state index contributed by atoms with van der Waals surface area (Å²) < 4.78 is 46.2. The summed E-state index contributed by atoms with van der Waals surface area (Å²) in [7, 11) is -7.68. The molecule has 0 aromatic heterocycles. The minimum absolute atomic E-state index is 0.243. The molecule has 0 heterocycles. The van der Waals surface area contributed by atoms with E-state index in [2.05, 4.69) is 0 Å². The Bertz CT molecular complexity index is 588. The Kier molecular flexibility index (Phi) is 3.41. The van der Waals surface area contributed by atoms with Crippen LogP contribution in [0.15, 0.2) is 34.1 Å². The first-order valence-electron chi connectivity index (χ1n) is 4.53. The second-order valence-electron chi connectivity index (χ2n) is 3.59. The lowest BCUT2D eigenvalue weighted by molar-refractivity contribution is 0.578. The van der Waals surface area contributed by atoms with Gasteiger partial charge in [-0.3, -0.25) is 0 Å². The fourth-order valence-corrected chi connectivity index (χ4v) is 3.61. The van der Waals surface area contributed by atoms with E-state index in [1.807, 2.05) is 0 Å². The molecule has 0 spiro atoms. The molecule has 0 bridgehead atoms.